The van der Waals surface area contributed by atoms with Gasteiger partial charge in [0.1, 0.15) is 11.5 Å². The SMILES string of the molecule is CC1COCCN1c1nc(-c2ccc(F)cc2)cc(-c2ccc(-c3ncc(C(=O)O)cc3Cl)nc2)n1. The van der Waals surface area contributed by atoms with Crippen LogP contribution < -0.4 is 4.90 Å². The third kappa shape index (κ3) is 4.89. The van der Waals surface area contributed by atoms with E-state index in [0.717, 1.165) is 11.1 Å². The predicted octanol–water partition coefficient (Wildman–Crippen LogP) is 4.98. The standard InChI is InChI=1S/C26H21ClFN5O3/c1-15-14-36-9-8-33(15)26-31-22(16-2-5-19(28)6-3-16)11-23(32-26)17-4-7-21(29-12-17)24-20(27)10-18(13-30-24)25(34)35/h2-7,10-13,15H,8-9,14H2,1H3,(H,34,35). The summed E-state index contributed by atoms with van der Waals surface area (Å²) in [6, 6.07) is 13.0. The fraction of sp³-hybridized carbons (Fsp3) is 0.192. The molecule has 36 heavy (non-hydrogen) atoms. The Balaban J connectivity index is 1.54. The summed E-state index contributed by atoms with van der Waals surface area (Å²) < 4.78 is 19.1. The summed E-state index contributed by atoms with van der Waals surface area (Å²) in [5, 5.41) is 9.32. The van der Waals surface area contributed by atoms with Gasteiger partial charge in [-0.1, -0.05) is 11.6 Å². The van der Waals surface area contributed by atoms with Gasteiger partial charge in [-0.15, -0.1) is 0 Å². The molecule has 0 saturated carbocycles. The Labute approximate surface area is 211 Å². The number of benzene rings is 1. The summed E-state index contributed by atoms with van der Waals surface area (Å²) in [6.45, 7) is 3.86. The highest BCUT2D eigenvalue weighted by atomic mass is 35.5. The minimum absolute atomic E-state index is 0.000418. The number of aromatic carboxylic acids is 1. The first-order valence-corrected chi connectivity index (χ1v) is 11.6. The lowest BCUT2D eigenvalue weighted by molar-refractivity contribution is 0.0696. The molecule has 5 rings (SSSR count). The summed E-state index contributed by atoms with van der Waals surface area (Å²) in [5.41, 5.74) is 3.69. The van der Waals surface area contributed by atoms with Crippen molar-refractivity contribution in [2.45, 2.75) is 13.0 Å². The highest BCUT2D eigenvalue weighted by Gasteiger charge is 2.23. The number of hydrogen-bond donors (Lipinski definition) is 1. The summed E-state index contributed by atoms with van der Waals surface area (Å²) >= 11 is 6.26. The van der Waals surface area contributed by atoms with Crippen molar-refractivity contribution >= 4 is 23.5 Å². The number of aromatic nitrogens is 4. The van der Waals surface area contributed by atoms with Crippen LogP contribution >= 0.6 is 11.6 Å². The Hall–Kier alpha value is -3.95. The number of pyridine rings is 2. The summed E-state index contributed by atoms with van der Waals surface area (Å²) in [5.74, 6) is -0.871. The number of hydrogen-bond acceptors (Lipinski definition) is 7. The van der Waals surface area contributed by atoms with E-state index in [4.69, 9.17) is 31.4 Å². The second-order valence-electron chi connectivity index (χ2n) is 8.35. The van der Waals surface area contributed by atoms with Gasteiger partial charge in [-0.3, -0.25) is 9.97 Å². The van der Waals surface area contributed by atoms with Crippen LogP contribution in [0.15, 0.2) is 60.9 Å². The Morgan fingerprint density at radius 3 is 2.39 bits per heavy atom. The third-order valence-electron chi connectivity index (χ3n) is 5.87. The summed E-state index contributed by atoms with van der Waals surface area (Å²) in [4.78, 5) is 31.5. The van der Waals surface area contributed by atoms with Gasteiger partial charge < -0.3 is 14.7 Å². The first kappa shape index (κ1) is 23.8. The van der Waals surface area contributed by atoms with E-state index in [1.165, 1.54) is 24.4 Å². The van der Waals surface area contributed by atoms with E-state index in [1.54, 1.807) is 24.4 Å². The molecule has 1 atom stereocenters. The van der Waals surface area contributed by atoms with Crippen LogP contribution in [0.3, 0.4) is 0 Å². The van der Waals surface area contributed by atoms with Crippen molar-refractivity contribution < 1.29 is 19.0 Å². The molecule has 1 saturated heterocycles. The maximum absolute atomic E-state index is 13.5. The van der Waals surface area contributed by atoms with Crippen LogP contribution in [0.4, 0.5) is 10.3 Å². The molecule has 0 bridgehead atoms. The van der Waals surface area contributed by atoms with Crippen molar-refractivity contribution in [1.82, 2.24) is 19.9 Å². The van der Waals surface area contributed by atoms with E-state index >= 15 is 0 Å². The van der Waals surface area contributed by atoms with E-state index in [0.29, 0.717) is 48.5 Å². The highest BCUT2D eigenvalue weighted by molar-refractivity contribution is 6.33. The van der Waals surface area contributed by atoms with Crippen molar-refractivity contribution in [3.05, 3.63) is 77.3 Å². The van der Waals surface area contributed by atoms with Gasteiger partial charge in [-0.05, 0) is 55.5 Å². The first-order chi connectivity index (χ1) is 17.4. The lowest BCUT2D eigenvalue weighted by Crippen LogP contribution is -2.44. The molecule has 1 aliphatic heterocycles. The van der Waals surface area contributed by atoms with Crippen molar-refractivity contribution in [2.24, 2.45) is 0 Å². The van der Waals surface area contributed by atoms with E-state index in [9.17, 15) is 9.18 Å². The van der Waals surface area contributed by atoms with Crippen LogP contribution in [0.1, 0.15) is 17.3 Å². The Morgan fingerprint density at radius 2 is 1.75 bits per heavy atom. The van der Waals surface area contributed by atoms with Crippen molar-refractivity contribution in [3.63, 3.8) is 0 Å². The second kappa shape index (κ2) is 9.96. The molecular formula is C26H21ClFN5O3. The van der Waals surface area contributed by atoms with Crippen LogP contribution in [0.2, 0.25) is 5.02 Å². The number of morpholine rings is 1. The predicted molar refractivity (Wildman–Crippen MR) is 133 cm³/mol. The van der Waals surface area contributed by atoms with Gasteiger partial charge in [0.15, 0.2) is 0 Å². The van der Waals surface area contributed by atoms with Gasteiger partial charge in [-0.25, -0.2) is 19.2 Å². The van der Waals surface area contributed by atoms with E-state index in [2.05, 4.69) is 21.8 Å². The van der Waals surface area contributed by atoms with Crippen LogP contribution in [0.25, 0.3) is 33.9 Å². The normalized spacial score (nSPS) is 15.6. The number of carbonyl (C=O) groups is 1. The van der Waals surface area contributed by atoms with Crippen molar-refractivity contribution in [3.8, 4) is 33.9 Å². The molecule has 0 aliphatic carbocycles. The van der Waals surface area contributed by atoms with Gasteiger partial charge in [0.05, 0.1) is 46.9 Å². The largest absolute Gasteiger partial charge is 0.478 e. The number of ether oxygens (including phenoxy) is 1. The molecule has 3 aromatic heterocycles. The van der Waals surface area contributed by atoms with Gasteiger partial charge in [-0.2, -0.15) is 0 Å². The molecule has 8 nitrogen and oxygen atoms in total. The van der Waals surface area contributed by atoms with E-state index in [1.807, 2.05) is 12.1 Å². The van der Waals surface area contributed by atoms with Gasteiger partial charge >= 0.3 is 5.97 Å². The minimum Gasteiger partial charge on any atom is -0.478 e. The van der Waals surface area contributed by atoms with Gasteiger partial charge in [0, 0.05) is 30.1 Å². The lowest BCUT2D eigenvalue weighted by Gasteiger charge is -2.33. The molecule has 1 aromatic carbocycles. The minimum atomic E-state index is -1.11. The summed E-state index contributed by atoms with van der Waals surface area (Å²) in [6.07, 6.45) is 2.90. The Kier molecular flexibility index (Phi) is 6.58. The molecule has 4 aromatic rings. The molecule has 1 N–H and O–H groups in total. The zero-order valence-electron chi connectivity index (χ0n) is 19.2. The second-order valence-corrected chi connectivity index (χ2v) is 8.76. The lowest BCUT2D eigenvalue weighted by atomic mass is 10.1. The number of carboxylic acid groups (broad SMARTS) is 1. The number of halogens is 2. The average molecular weight is 506 g/mol. The molecule has 0 radical (unpaired) electrons. The van der Waals surface area contributed by atoms with Gasteiger partial charge in [0.2, 0.25) is 5.95 Å². The summed E-state index contributed by atoms with van der Waals surface area (Å²) in [7, 11) is 0. The number of carboxylic acids is 1. The molecule has 1 aliphatic rings. The Bertz CT molecular complexity index is 1420. The number of anilines is 1. The molecular weight excluding hydrogens is 485 g/mol. The maximum atomic E-state index is 13.5. The number of nitrogens with zero attached hydrogens (tertiary/aromatic N) is 5. The molecule has 0 spiro atoms. The number of rotatable bonds is 5. The fourth-order valence-electron chi connectivity index (χ4n) is 3.93. The molecule has 1 unspecified atom stereocenters. The molecule has 10 heteroatoms. The first-order valence-electron chi connectivity index (χ1n) is 11.2. The van der Waals surface area contributed by atoms with Crippen molar-refractivity contribution in [1.29, 1.82) is 0 Å². The zero-order chi connectivity index (χ0) is 25.2. The fourth-order valence-corrected chi connectivity index (χ4v) is 4.20. The van der Waals surface area contributed by atoms with Crippen LogP contribution in [-0.2, 0) is 4.74 Å². The molecule has 182 valence electrons. The Morgan fingerprint density at radius 1 is 1.03 bits per heavy atom. The van der Waals surface area contributed by atoms with Crippen molar-refractivity contribution in [2.75, 3.05) is 24.7 Å². The topological polar surface area (TPSA) is 101 Å². The average Bonchev–Trinajstić information content (AvgIpc) is 2.89. The van der Waals surface area contributed by atoms with Crippen LogP contribution in [-0.4, -0.2) is 56.8 Å². The van der Waals surface area contributed by atoms with Crippen LogP contribution in [0.5, 0.6) is 0 Å². The van der Waals surface area contributed by atoms with E-state index in [-0.39, 0.29) is 22.4 Å². The molecule has 0 amide bonds. The molecule has 4 heterocycles. The smallest absolute Gasteiger partial charge is 0.337 e. The quantitative estimate of drug-likeness (QED) is 0.405. The van der Waals surface area contributed by atoms with Gasteiger partial charge in [0.25, 0.3) is 0 Å². The zero-order valence-corrected chi connectivity index (χ0v) is 20.0. The third-order valence-corrected chi connectivity index (χ3v) is 6.16. The van der Waals surface area contributed by atoms with E-state index < -0.39 is 5.97 Å². The highest BCUT2D eigenvalue weighted by Crippen LogP contribution is 2.30. The molecule has 1 fully saturated rings. The monoisotopic (exact) mass is 505 g/mol. The maximum Gasteiger partial charge on any atom is 0.337 e. The van der Waals surface area contributed by atoms with Crippen LogP contribution in [0, 0.1) is 5.82 Å².